The molecule has 0 aliphatic rings. The van der Waals surface area contributed by atoms with Crippen LogP contribution in [0.2, 0.25) is 5.02 Å². The average molecular weight is 497 g/mol. The van der Waals surface area contributed by atoms with Gasteiger partial charge in [-0.15, -0.1) is 0 Å². The third-order valence-corrected chi connectivity index (χ3v) is 4.71. The van der Waals surface area contributed by atoms with E-state index in [1.807, 2.05) is 13.8 Å². The van der Waals surface area contributed by atoms with Crippen molar-refractivity contribution in [1.29, 1.82) is 0 Å². The summed E-state index contributed by atoms with van der Waals surface area (Å²) in [5.74, 6) is 0.874. The van der Waals surface area contributed by atoms with Gasteiger partial charge in [0.1, 0.15) is 11.5 Å². The van der Waals surface area contributed by atoms with Gasteiger partial charge in [-0.3, -0.25) is 4.79 Å². The Morgan fingerprint density at radius 1 is 0.857 bits per heavy atom. The van der Waals surface area contributed by atoms with Gasteiger partial charge >= 0.3 is 5.97 Å². The van der Waals surface area contributed by atoms with Crippen molar-refractivity contribution < 1.29 is 28.5 Å². The predicted octanol–water partition coefficient (Wildman–Crippen LogP) is 4.89. The predicted molar refractivity (Wildman–Crippen MR) is 133 cm³/mol. The number of benzene rings is 3. The van der Waals surface area contributed by atoms with Gasteiger partial charge in [0.05, 0.1) is 25.0 Å². The monoisotopic (exact) mass is 496 g/mol. The molecule has 3 aromatic carbocycles. The highest BCUT2D eigenvalue weighted by molar-refractivity contribution is 6.30. The molecule has 0 bridgehead atoms. The van der Waals surface area contributed by atoms with Gasteiger partial charge in [-0.2, -0.15) is 5.10 Å². The number of hydrogen-bond donors (Lipinski definition) is 1. The van der Waals surface area contributed by atoms with Crippen molar-refractivity contribution in [2.24, 2.45) is 5.10 Å². The summed E-state index contributed by atoms with van der Waals surface area (Å²) in [7, 11) is 0. The summed E-state index contributed by atoms with van der Waals surface area (Å²) >= 11 is 5.82. The molecule has 0 spiro atoms. The first kappa shape index (κ1) is 25.6. The molecule has 182 valence electrons. The number of carbonyl (C=O) groups is 2. The van der Waals surface area contributed by atoms with E-state index in [2.05, 4.69) is 10.5 Å². The van der Waals surface area contributed by atoms with Crippen LogP contribution in [0.15, 0.2) is 71.8 Å². The lowest BCUT2D eigenvalue weighted by molar-refractivity contribution is -0.123. The molecule has 3 rings (SSSR count). The van der Waals surface area contributed by atoms with E-state index in [1.54, 1.807) is 66.7 Å². The number of ether oxygens (including phenoxy) is 4. The highest BCUT2D eigenvalue weighted by atomic mass is 35.5. The van der Waals surface area contributed by atoms with Crippen LogP contribution in [-0.2, 0) is 4.79 Å². The van der Waals surface area contributed by atoms with Crippen molar-refractivity contribution in [2.45, 2.75) is 13.8 Å². The maximum absolute atomic E-state index is 12.5. The fourth-order valence-electron chi connectivity index (χ4n) is 2.86. The van der Waals surface area contributed by atoms with Gasteiger partial charge in [-0.25, -0.2) is 10.2 Å². The van der Waals surface area contributed by atoms with Gasteiger partial charge in [0.2, 0.25) is 0 Å². The fourth-order valence-corrected chi connectivity index (χ4v) is 2.99. The van der Waals surface area contributed by atoms with Gasteiger partial charge in [0.15, 0.2) is 18.1 Å². The van der Waals surface area contributed by atoms with Crippen LogP contribution in [0, 0.1) is 0 Å². The summed E-state index contributed by atoms with van der Waals surface area (Å²) in [4.78, 5) is 24.5. The molecule has 0 radical (unpaired) electrons. The summed E-state index contributed by atoms with van der Waals surface area (Å²) in [6, 6.07) is 18.3. The molecule has 0 aromatic heterocycles. The molecule has 9 heteroatoms. The van der Waals surface area contributed by atoms with E-state index in [9.17, 15) is 9.59 Å². The third-order valence-electron chi connectivity index (χ3n) is 4.46. The minimum absolute atomic E-state index is 0.205. The number of nitrogens with one attached hydrogen (secondary N) is 1. The average Bonchev–Trinajstić information content (AvgIpc) is 2.86. The van der Waals surface area contributed by atoms with Crippen LogP contribution in [0.4, 0.5) is 0 Å². The summed E-state index contributed by atoms with van der Waals surface area (Å²) in [6.45, 7) is 4.41. The van der Waals surface area contributed by atoms with E-state index in [-0.39, 0.29) is 12.4 Å². The van der Waals surface area contributed by atoms with Crippen LogP contribution in [0.1, 0.15) is 29.8 Å². The Bertz CT molecular complexity index is 1160. The van der Waals surface area contributed by atoms with E-state index in [4.69, 9.17) is 30.5 Å². The summed E-state index contributed by atoms with van der Waals surface area (Å²) in [5.41, 5.74) is 3.40. The van der Waals surface area contributed by atoms with E-state index in [0.29, 0.717) is 46.6 Å². The third kappa shape index (κ3) is 8.04. The lowest BCUT2D eigenvalue weighted by atomic mass is 10.2. The zero-order valence-corrected chi connectivity index (χ0v) is 20.1. The number of halogens is 1. The topological polar surface area (TPSA) is 95.5 Å². The van der Waals surface area contributed by atoms with Gasteiger partial charge in [0.25, 0.3) is 5.91 Å². The number of rotatable bonds is 11. The molecule has 0 saturated heterocycles. The van der Waals surface area contributed by atoms with Gasteiger partial charge < -0.3 is 18.9 Å². The number of esters is 1. The molecule has 0 fully saturated rings. The first-order valence-corrected chi connectivity index (χ1v) is 11.3. The summed E-state index contributed by atoms with van der Waals surface area (Å²) in [6.07, 6.45) is 1.45. The minimum Gasteiger partial charge on any atom is -0.494 e. The van der Waals surface area contributed by atoms with Crippen LogP contribution >= 0.6 is 11.6 Å². The second-order valence-corrected chi connectivity index (χ2v) is 7.46. The van der Waals surface area contributed by atoms with Crippen molar-refractivity contribution in [1.82, 2.24) is 5.43 Å². The van der Waals surface area contributed by atoms with E-state index in [0.717, 1.165) is 0 Å². The van der Waals surface area contributed by atoms with E-state index >= 15 is 0 Å². The standard InChI is InChI=1S/C26H25ClN2O6/c1-3-32-21-10-6-19(7-11-21)26(31)35-23-14-5-18(15-24(23)33-4-2)16-28-29-25(30)17-34-22-12-8-20(27)9-13-22/h5-16H,3-4,17H2,1-2H3,(H,29,30)/b28-16-. The zero-order valence-electron chi connectivity index (χ0n) is 19.3. The number of amides is 1. The number of hydrogen-bond acceptors (Lipinski definition) is 7. The molecular weight excluding hydrogens is 472 g/mol. The highest BCUT2D eigenvalue weighted by Gasteiger charge is 2.13. The number of carbonyl (C=O) groups excluding carboxylic acids is 2. The van der Waals surface area contributed by atoms with Crippen molar-refractivity contribution in [3.8, 4) is 23.0 Å². The second kappa shape index (κ2) is 13.0. The zero-order chi connectivity index (χ0) is 25.0. The molecule has 0 aliphatic heterocycles. The lowest BCUT2D eigenvalue weighted by Gasteiger charge is -2.11. The van der Waals surface area contributed by atoms with Gasteiger partial charge in [-0.05, 0) is 86.1 Å². The maximum atomic E-state index is 12.5. The van der Waals surface area contributed by atoms with Crippen molar-refractivity contribution in [3.05, 3.63) is 82.9 Å². The molecule has 0 unspecified atom stereocenters. The highest BCUT2D eigenvalue weighted by Crippen LogP contribution is 2.29. The van der Waals surface area contributed by atoms with Crippen LogP contribution in [0.3, 0.4) is 0 Å². The van der Waals surface area contributed by atoms with Gasteiger partial charge in [-0.1, -0.05) is 11.6 Å². The molecule has 0 saturated carbocycles. The Morgan fingerprint density at radius 3 is 2.20 bits per heavy atom. The maximum Gasteiger partial charge on any atom is 0.343 e. The molecule has 8 nitrogen and oxygen atoms in total. The summed E-state index contributed by atoms with van der Waals surface area (Å²) < 4.78 is 21.9. The van der Waals surface area contributed by atoms with Crippen molar-refractivity contribution in [3.63, 3.8) is 0 Å². The van der Waals surface area contributed by atoms with Crippen LogP contribution in [-0.4, -0.2) is 37.9 Å². The molecule has 3 aromatic rings. The fraction of sp³-hybridized carbons (Fsp3) is 0.192. The Hall–Kier alpha value is -4.04. The first-order chi connectivity index (χ1) is 17.0. The van der Waals surface area contributed by atoms with E-state index in [1.165, 1.54) is 6.21 Å². The van der Waals surface area contributed by atoms with Crippen molar-refractivity contribution >= 4 is 29.7 Å². The number of hydrazone groups is 1. The first-order valence-electron chi connectivity index (χ1n) is 10.9. The Labute approximate surface area is 208 Å². The molecular formula is C26H25ClN2O6. The molecule has 1 amide bonds. The Morgan fingerprint density at radius 2 is 1.51 bits per heavy atom. The largest absolute Gasteiger partial charge is 0.494 e. The van der Waals surface area contributed by atoms with Gasteiger partial charge in [0, 0.05) is 5.02 Å². The SMILES string of the molecule is CCOc1ccc(C(=O)Oc2ccc(/C=N\NC(=O)COc3ccc(Cl)cc3)cc2OCC)cc1. The lowest BCUT2D eigenvalue weighted by Crippen LogP contribution is -2.24. The molecule has 35 heavy (non-hydrogen) atoms. The molecule has 0 atom stereocenters. The Kier molecular flexibility index (Phi) is 9.50. The number of nitrogens with zero attached hydrogens (tertiary/aromatic N) is 1. The quantitative estimate of drug-likeness (QED) is 0.176. The van der Waals surface area contributed by atoms with Crippen LogP contribution < -0.4 is 24.4 Å². The van der Waals surface area contributed by atoms with E-state index < -0.39 is 11.9 Å². The molecule has 0 aliphatic carbocycles. The Balaban J connectivity index is 1.58. The minimum atomic E-state index is -0.525. The molecule has 1 N–H and O–H groups in total. The normalized spacial score (nSPS) is 10.6. The summed E-state index contributed by atoms with van der Waals surface area (Å²) in [5, 5.41) is 4.51. The van der Waals surface area contributed by atoms with Crippen molar-refractivity contribution in [2.75, 3.05) is 19.8 Å². The van der Waals surface area contributed by atoms with Crippen LogP contribution in [0.5, 0.6) is 23.0 Å². The molecule has 0 heterocycles. The van der Waals surface area contributed by atoms with Crippen LogP contribution in [0.25, 0.3) is 0 Å². The second-order valence-electron chi connectivity index (χ2n) is 7.02. The smallest absolute Gasteiger partial charge is 0.343 e.